The summed E-state index contributed by atoms with van der Waals surface area (Å²) in [5, 5.41) is 3.31. The Balaban J connectivity index is 2.05. The van der Waals surface area contributed by atoms with Gasteiger partial charge in [0.15, 0.2) is 0 Å². The molecule has 2 unspecified atom stereocenters. The van der Waals surface area contributed by atoms with Crippen molar-refractivity contribution >= 4 is 27.7 Å². The fraction of sp³-hybridized carbons (Fsp3) is 0.571. The van der Waals surface area contributed by atoms with E-state index in [1.807, 2.05) is 18.8 Å². The van der Waals surface area contributed by atoms with Crippen LogP contribution >= 0.6 is 27.7 Å². The summed E-state index contributed by atoms with van der Waals surface area (Å²) in [6, 6.07) is 6.89. The Labute approximate surface area is 122 Å². The monoisotopic (exact) mass is 329 g/mol. The first kappa shape index (κ1) is 14.4. The zero-order chi connectivity index (χ0) is 13.0. The molecule has 0 saturated carbocycles. The number of hydrogen-bond acceptors (Lipinski definition) is 3. The highest BCUT2D eigenvalue weighted by molar-refractivity contribution is 9.10. The molecule has 1 saturated heterocycles. The molecule has 1 aliphatic rings. The highest BCUT2D eigenvalue weighted by Gasteiger charge is 2.17. The maximum Gasteiger partial charge on any atom is 0.0669 e. The molecule has 4 heteroatoms. The van der Waals surface area contributed by atoms with Crippen molar-refractivity contribution in [2.45, 2.75) is 36.8 Å². The van der Waals surface area contributed by atoms with Crippen LogP contribution in [0.15, 0.2) is 27.6 Å². The van der Waals surface area contributed by atoms with Crippen LogP contribution in [-0.4, -0.2) is 25.5 Å². The molecule has 2 atom stereocenters. The second-order valence-electron chi connectivity index (χ2n) is 4.64. The van der Waals surface area contributed by atoms with Crippen LogP contribution in [0.1, 0.15) is 31.4 Å². The summed E-state index contributed by atoms with van der Waals surface area (Å²) in [6.07, 6.45) is 2.86. The molecule has 100 valence electrons. The lowest BCUT2D eigenvalue weighted by molar-refractivity contribution is 0.129. The van der Waals surface area contributed by atoms with Gasteiger partial charge >= 0.3 is 0 Å². The Kier molecular flexibility index (Phi) is 5.55. The van der Waals surface area contributed by atoms with E-state index in [9.17, 15) is 0 Å². The first-order valence-corrected chi connectivity index (χ1v) is 8.19. The number of halogens is 1. The Morgan fingerprint density at radius 1 is 1.56 bits per heavy atom. The van der Waals surface area contributed by atoms with Gasteiger partial charge in [0, 0.05) is 27.8 Å². The minimum atomic E-state index is 0.370. The lowest BCUT2D eigenvalue weighted by Gasteiger charge is -2.17. The third-order valence-electron chi connectivity index (χ3n) is 3.32. The molecule has 1 N–H and O–H groups in total. The van der Waals surface area contributed by atoms with E-state index in [2.05, 4.69) is 46.4 Å². The molecule has 0 amide bonds. The normalized spacial score (nSPS) is 21.2. The van der Waals surface area contributed by atoms with Gasteiger partial charge in [0.05, 0.1) is 6.10 Å². The SMILES string of the molecule is CNC(C)c1cc(Br)ccc1SCC1CCCO1. The van der Waals surface area contributed by atoms with Crippen molar-refractivity contribution in [2.24, 2.45) is 0 Å². The topological polar surface area (TPSA) is 21.3 Å². The number of benzene rings is 1. The van der Waals surface area contributed by atoms with Crippen molar-refractivity contribution in [2.75, 3.05) is 19.4 Å². The van der Waals surface area contributed by atoms with Gasteiger partial charge in [-0.15, -0.1) is 11.8 Å². The fourth-order valence-electron chi connectivity index (χ4n) is 2.10. The summed E-state index contributed by atoms with van der Waals surface area (Å²) in [7, 11) is 2.00. The molecule has 1 aromatic rings. The van der Waals surface area contributed by atoms with Gasteiger partial charge in [-0.2, -0.15) is 0 Å². The largest absolute Gasteiger partial charge is 0.377 e. The molecule has 18 heavy (non-hydrogen) atoms. The summed E-state index contributed by atoms with van der Waals surface area (Å²) in [4.78, 5) is 1.36. The predicted molar refractivity (Wildman–Crippen MR) is 81.3 cm³/mol. The lowest BCUT2D eigenvalue weighted by atomic mass is 10.1. The van der Waals surface area contributed by atoms with Gasteiger partial charge in [-0.1, -0.05) is 15.9 Å². The zero-order valence-electron chi connectivity index (χ0n) is 10.9. The third-order valence-corrected chi connectivity index (χ3v) is 5.03. The number of hydrogen-bond donors (Lipinski definition) is 1. The van der Waals surface area contributed by atoms with Crippen molar-refractivity contribution in [3.63, 3.8) is 0 Å². The van der Waals surface area contributed by atoms with E-state index in [0.717, 1.165) is 16.8 Å². The van der Waals surface area contributed by atoms with Crippen LogP contribution in [0, 0.1) is 0 Å². The predicted octanol–water partition coefficient (Wildman–Crippen LogP) is 4.00. The molecular formula is C14H20BrNOS. The Hall–Kier alpha value is -0.0300. The van der Waals surface area contributed by atoms with Gasteiger partial charge in [0.1, 0.15) is 0 Å². The summed E-state index contributed by atoms with van der Waals surface area (Å²) >= 11 is 5.46. The van der Waals surface area contributed by atoms with Crippen LogP contribution in [0.4, 0.5) is 0 Å². The smallest absolute Gasteiger partial charge is 0.0669 e. The average Bonchev–Trinajstić information content (AvgIpc) is 2.89. The second kappa shape index (κ2) is 6.94. The summed E-state index contributed by atoms with van der Waals surface area (Å²) in [6.45, 7) is 3.13. The van der Waals surface area contributed by atoms with Crippen molar-refractivity contribution in [1.82, 2.24) is 5.32 Å². The van der Waals surface area contributed by atoms with Crippen molar-refractivity contribution in [3.05, 3.63) is 28.2 Å². The van der Waals surface area contributed by atoms with E-state index >= 15 is 0 Å². The lowest BCUT2D eigenvalue weighted by Crippen LogP contribution is -2.14. The molecule has 0 aromatic heterocycles. The van der Waals surface area contributed by atoms with Crippen molar-refractivity contribution in [3.8, 4) is 0 Å². The minimum Gasteiger partial charge on any atom is -0.377 e. The Morgan fingerprint density at radius 3 is 3.06 bits per heavy atom. The molecule has 2 rings (SSSR count). The Morgan fingerprint density at radius 2 is 2.39 bits per heavy atom. The molecular weight excluding hydrogens is 310 g/mol. The third kappa shape index (κ3) is 3.73. The summed E-state index contributed by atoms with van der Waals surface area (Å²) < 4.78 is 6.82. The van der Waals surface area contributed by atoms with Crippen LogP contribution in [-0.2, 0) is 4.74 Å². The highest BCUT2D eigenvalue weighted by atomic mass is 79.9. The van der Waals surface area contributed by atoms with Gasteiger partial charge in [0.25, 0.3) is 0 Å². The second-order valence-corrected chi connectivity index (χ2v) is 6.62. The molecule has 0 radical (unpaired) electrons. The summed E-state index contributed by atoms with van der Waals surface area (Å²) in [5.74, 6) is 1.06. The zero-order valence-corrected chi connectivity index (χ0v) is 13.3. The molecule has 0 spiro atoms. The maximum absolute atomic E-state index is 5.68. The number of thioether (sulfide) groups is 1. The fourth-order valence-corrected chi connectivity index (χ4v) is 3.68. The molecule has 0 bridgehead atoms. The standard InChI is InChI=1S/C14H20BrNOS/c1-10(16-2)13-8-11(15)5-6-14(13)18-9-12-4-3-7-17-12/h5-6,8,10,12,16H,3-4,7,9H2,1-2H3. The summed E-state index contributed by atoms with van der Waals surface area (Å²) in [5.41, 5.74) is 1.36. The molecule has 1 aromatic carbocycles. The van der Waals surface area contributed by atoms with Gasteiger partial charge in [0.2, 0.25) is 0 Å². The molecule has 2 nitrogen and oxygen atoms in total. The van der Waals surface area contributed by atoms with Gasteiger partial charge in [-0.05, 0) is 50.6 Å². The van der Waals surface area contributed by atoms with E-state index in [0.29, 0.717) is 12.1 Å². The van der Waals surface area contributed by atoms with Crippen LogP contribution in [0.25, 0.3) is 0 Å². The molecule has 1 aliphatic heterocycles. The van der Waals surface area contributed by atoms with Crippen LogP contribution in [0.5, 0.6) is 0 Å². The number of ether oxygens (including phenoxy) is 1. The van der Waals surface area contributed by atoms with E-state index in [1.165, 1.54) is 23.3 Å². The van der Waals surface area contributed by atoms with E-state index in [4.69, 9.17) is 4.74 Å². The number of rotatable bonds is 5. The van der Waals surface area contributed by atoms with Crippen molar-refractivity contribution < 1.29 is 4.74 Å². The number of nitrogens with one attached hydrogen (secondary N) is 1. The Bertz CT molecular complexity index is 393. The highest BCUT2D eigenvalue weighted by Crippen LogP contribution is 2.32. The molecule has 1 heterocycles. The first-order valence-electron chi connectivity index (χ1n) is 6.42. The van der Waals surface area contributed by atoms with Crippen LogP contribution in [0.3, 0.4) is 0 Å². The van der Waals surface area contributed by atoms with Crippen LogP contribution < -0.4 is 5.32 Å². The van der Waals surface area contributed by atoms with Gasteiger partial charge in [-0.3, -0.25) is 0 Å². The first-order chi connectivity index (χ1) is 8.70. The van der Waals surface area contributed by atoms with Gasteiger partial charge in [-0.25, -0.2) is 0 Å². The molecule has 1 fully saturated rings. The van der Waals surface area contributed by atoms with E-state index < -0.39 is 0 Å². The van der Waals surface area contributed by atoms with E-state index in [1.54, 1.807) is 0 Å². The quantitative estimate of drug-likeness (QED) is 0.825. The van der Waals surface area contributed by atoms with Crippen molar-refractivity contribution in [1.29, 1.82) is 0 Å². The van der Waals surface area contributed by atoms with Gasteiger partial charge < -0.3 is 10.1 Å². The maximum atomic E-state index is 5.68. The van der Waals surface area contributed by atoms with Crippen LogP contribution in [0.2, 0.25) is 0 Å². The minimum absolute atomic E-state index is 0.370. The molecule has 0 aliphatic carbocycles. The van der Waals surface area contributed by atoms with E-state index in [-0.39, 0.29) is 0 Å². The average molecular weight is 330 g/mol.